The van der Waals surface area contributed by atoms with Crippen LogP contribution in [0.25, 0.3) is 11.0 Å². The van der Waals surface area contributed by atoms with Gasteiger partial charge in [0.05, 0.1) is 30.3 Å². The van der Waals surface area contributed by atoms with Crippen LogP contribution >= 0.6 is 11.8 Å². The van der Waals surface area contributed by atoms with Crippen molar-refractivity contribution in [3.05, 3.63) is 41.6 Å². The summed E-state index contributed by atoms with van der Waals surface area (Å²) in [4.78, 5) is 21.3. The maximum absolute atomic E-state index is 12.9. The van der Waals surface area contributed by atoms with Gasteiger partial charge < -0.3 is 15.4 Å². The molecule has 1 aromatic carbocycles. The van der Waals surface area contributed by atoms with Gasteiger partial charge in [-0.3, -0.25) is 4.79 Å². The lowest BCUT2D eigenvalue weighted by molar-refractivity contribution is -0.137. The van der Waals surface area contributed by atoms with Crippen LogP contribution in [-0.4, -0.2) is 58.2 Å². The molecule has 0 saturated carbocycles. The Bertz CT molecular complexity index is 1070. The quantitative estimate of drug-likeness (QED) is 0.267. The fourth-order valence-electron chi connectivity index (χ4n) is 2.93. The number of amides is 1. The number of carbonyl (C=O) groups excluding carboxylic acids is 1. The maximum Gasteiger partial charge on any atom is 0.416 e. The minimum Gasteiger partial charge on any atom is -0.380 e. The molecule has 3 rings (SSSR count). The Morgan fingerprint density at radius 2 is 2.06 bits per heavy atom. The topological polar surface area (TPSA) is 94.0 Å². The number of nitrogens with zero attached hydrogens (tertiary/aromatic N) is 4. The number of halogens is 3. The predicted molar refractivity (Wildman–Crippen MR) is 116 cm³/mol. The Hall–Kier alpha value is -2.86. The van der Waals surface area contributed by atoms with Gasteiger partial charge in [0.15, 0.2) is 10.8 Å². The molecule has 2 aromatic heterocycles. The van der Waals surface area contributed by atoms with Gasteiger partial charge in [0.1, 0.15) is 5.82 Å². The smallest absolute Gasteiger partial charge is 0.380 e. The molecule has 0 fully saturated rings. The zero-order chi connectivity index (χ0) is 23.1. The number of carbonyl (C=O) groups is 1. The van der Waals surface area contributed by atoms with Gasteiger partial charge in [-0.2, -0.15) is 18.3 Å². The van der Waals surface area contributed by atoms with E-state index in [-0.39, 0.29) is 18.7 Å². The highest BCUT2D eigenvalue weighted by atomic mass is 32.2. The van der Waals surface area contributed by atoms with E-state index in [0.717, 1.165) is 17.5 Å². The molecule has 0 bridgehead atoms. The Labute approximate surface area is 186 Å². The molecule has 2 heterocycles. The number of aromatic nitrogens is 4. The minimum atomic E-state index is -4.51. The van der Waals surface area contributed by atoms with Crippen LogP contribution in [0.4, 0.5) is 19.0 Å². The average Bonchev–Trinajstić information content (AvgIpc) is 3.19. The summed E-state index contributed by atoms with van der Waals surface area (Å²) in [5.74, 6) is 0.0450. The highest BCUT2D eigenvalue weighted by Gasteiger charge is 2.30. The highest BCUT2D eigenvalue weighted by molar-refractivity contribution is 7.98. The normalized spacial score (nSPS) is 11.7. The van der Waals surface area contributed by atoms with Crippen molar-refractivity contribution in [3.63, 3.8) is 0 Å². The van der Waals surface area contributed by atoms with Gasteiger partial charge in [0.2, 0.25) is 0 Å². The Morgan fingerprint density at radius 1 is 1.25 bits per heavy atom. The van der Waals surface area contributed by atoms with E-state index in [2.05, 4.69) is 25.7 Å². The Morgan fingerprint density at radius 3 is 2.78 bits per heavy atom. The lowest BCUT2D eigenvalue weighted by Gasteiger charge is -2.10. The first-order valence-electron chi connectivity index (χ1n) is 9.88. The van der Waals surface area contributed by atoms with E-state index in [0.29, 0.717) is 36.4 Å². The molecule has 32 heavy (non-hydrogen) atoms. The van der Waals surface area contributed by atoms with Gasteiger partial charge in [-0.15, -0.1) is 0 Å². The molecule has 0 aliphatic rings. The van der Waals surface area contributed by atoms with Crippen LogP contribution in [0, 0.1) is 0 Å². The molecule has 1 amide bonds. The summed E-state index contributed by atoms with van der Waals surface area (Å²) in [6.07, 6.45) is -1.01. The second kappa shape index (κ2) is 10.6. The van der Waals surface area contributed by atoms with Gasteiger partial charge >= 0.3 is 6.18 Å². The van der Waals surface area contributed by atoms with E-state index in [4.69, 9.17) is 4.74 Å². The second-order valence-corrected chi connectivity index (χ2v) is 7.40. The first-order valence-corrected chi connectivity index (χ1v) is 11.1. The standard InChI is InChI=1S/C20H23F3N6O2S/c1-3-31-10-8-24-16-15-12-26-29(17(15)28-19(27-16)32-2)9-7-25-18(30)13-5-4-6-14(11-13)20(21,22)23/h4-6,11-12H,3,7-10H2,1-2H3,(H,25,30)(H,24,27,28). The van der Waals surface area contributed by atoms with Crippen LogP contribution in [0.5, 0.6) is 0 Å². The van der Waals surface area contributed by atoms with Crippen LogP contribution in [0.2, 0.25) is 0 Å². The first kappa shape index (κ1) is 23.8. The molecule has 2 N–H and O–H groups in total. The molecule has 0 saturated heterocycles. The largest absolute Gasteiger partial charge is 0.416 e. The third-order valence-electron chi connectivity index (χ3n) is 4.46. The molecule has 172 valence electrons. The van der Waals surface area contributed by atoms with Crippen molar-refractivity contribution in [2.75, 3.05) is 37.9 Å². The van der Waals surface area contributed by atoms with Crippen molar-refractivity contribution in [2.45, 2.75) is 24.8 Å². The molecule has 0 radical (unpaired) electrons. The van der Waals surface area contributed by atoms with E-state index in [9.17, 15) is 18.0 Å². The third-order valence-corrected chi connectivity index (χ3v) is 5.01. The summed E-state index contributed by atoms with van der Waals surface area (Å²) in [6.45, 7) is 4.11. The number of fused-ring (bicyclic) bond motifs is 1. The van der Waals surface area contributed by atoms with Crippen molar-refractivity contribution in [1.29, 1.82) is 0 Å². The van der Waals surface area contributed by atoms with E-state index in [1.165, 1.54) is 23.9 Å². The maximum atomic E-state index is 12.9. The number of anilines is 1. The van der Waals surface area contributed by atoms with Gasteiger partial charge in [0.25, 0.3) is 5.91 Å². The summed E-state index contributed by atoms with van der Waals surface area (Å²) in [5, 5.41) is 11.5. The SMILES string of the molecule is CCOCCNc1nc(SC)nc2c1cnn2CCNC(=O)c1cccc(C(F)(F)F)c1. The lowest BCUT2D eigenvalue weighted by Crippen LogP contribution is -2.27. The third kappa shape index (κ3) is 5.88. The van der Waals surface area contributed by atoms with E-state index < -0.39 is 17.6 Å². The second-order valence-electron chi connectivity index (χ2n) is 6.62. The van der Waals surface area contributed by atoms with Gasteiger partial charge in [-0.25, -0.2) is 14.6 Å². The molecule has 0 spiro atoms. The van der Waals surface area contributed by atoms with Crippen molar-refractivity contribution in [1.82, 2.24) is 25.1 Å². The number of rotatable bonds is 10. The molecule has 12 heteroatoms. The number of alkyl halides is 3. The number of ether oxygens (including phenoxy) is 1. The molecular formula is C20H23F3N6O2S. The van der Waals surface area contributed by atoms with Gasteiger partial charge in [-0.1, -0.05) is 17.8 Å². The molecule has 0 unspecified atom stereocenters. The number of benzene rings is 1. The van der Waals surface area contributed by atoms with Crippen LogP contribution in [-0.2, 0) is 17.5 Å². The highest BCUT2D eigenvalue weighted by Crippen LogP contribution is 2.29. The van der Waals surface area contributed by atoms with Gasteiger partial charge in [0, 0.05) is 25.3 Å². The summed E-state index contributed by atoms with van der Waals surface area (Å²) in [5.41, 5.74) is -0.330. The van der Waals surface area contributed by atoms with E-state index in [1.54, 1.807) is 10.9 Å². The Kier molecular flexibility index (Phi) is 7.91. The van der Waals surface area contributed by atoms with Crippen LogP contribution in [0.15, 0.2) is 35.6 Å². The van der Waals surface area contributed by atoms with E-state index >= 15 is 0 Å². The zero-order valence-electron chi connectivity index (χ0n) is 17.6. The molecule has 3 aromatic rings. The average molecular weight is 469 g/mol. The van der Waals surface area contributed by atoms with Crippen molar-refractivity contribution in [3.8, 4) is 0 Å². The van der Waals surface area contributed by atoms with Crippen molar-refractivity contribution in [2.24, 2.45) is 0 Å². The van der Waals surface area contributed by atoms with Crippen molar-refractivity contribution >= 4 is 34.5 Å². The van der Waals surface area contributed by atoms with Gasteiger partial charge in [-0.05, 0) is 31.4 Å². The Balaban J connectivity index is 1.68. The molecule has 0 atom stereocenters. The fourth-order valence-corrected chi connectivity index (χ4v) is 3.29. The zero-order valence-corrected chi connectivity index (χ0v) is 18.4. The number of hydrogen-bond donors (Lipinski definition) is 2. The monoisotopic (exact) mass is 468 g/mol. The summed E-state index contributed by atoms with van der Waals surface area (Å²) < 4.78 is 45.5. The van der Waals surface area contributed by atoms with Crippen molar-refractivity contribution < 1.29 is 22.7 Å². The molecule has 8 nitrogen and oxygen atoms in total. The first-order chi connectivity index (χ1) is 15.3. The summed E-state index contributed by atoms with van der Waals surface area (Å²) in [6, 6.07) is 4.30. The summed E-state index contributed by atoms with van der Waals surface area (Å²) in [7, 11) is 0. The van der Waals surface area contributed by atoms with E-state index in [1.807, 2.05) is 13.2 Å². The number of nitrogens with one attached hydrogen (secondary N) is 2. The lowest BCUT2D eigenvalue weighted by atomic mass is 10.1. The predicted octanol–water partition coefficient (Wildman–Crippen LogP) is 3.45. The number of thioether (sulfide) groups is 1. The summed E-state index contributed by atoms with van der Waals surface area (Å²) >= 11 is 1.39. The minimum absolute atomic E-state index is 0.0575. The van der Waals surface area contributed by atoms with Crippen LogP contribution < -0.4 is 10.6 Å². The molecular weight excluding hydrogens is 445 g/mol. The fraction of sp³-hybridized carbons (Fsp3) is 0.400. The van der Waals surface area contributed by atoms with Crippen LogP contribution in [0.3, 0.4) is 0 Å². The number of hydrogen-bond acceptors (Lipinski definition) is 7. The van der Waals surface area contributed by atoms with Crippen LogP contribution in [0.1, 0.15) is 22.8 Å². The molecule has 0 aliphatic carbocycles. The molecule has 0 aliphatic heterocycles.